The van der Waals surface area contributed by atoms with E-state index in [2.05, 4.69) is 10.1 Å². The number of alkyl halides is 3. The van der Waals surface area contributed by atoms with Gasteiger partial charge in [0.05, 0.1) is 24.5 Å². The van der Waals surface area contributed by atoms with Crippen molar-refractivity contribution < 1.29 is 32.2 Å². The van der Waals surface area contributed by atoms with E-state index < -0.39 is 48.8 Å². The number of hydrogen-bond acceptors (Lipinski definition) is 5. The van der Waals surface area contributed by atoms with Crippen LogP contribution >= 0.6 is 23.2 Å². The molecule has 0 aliphatic rings. The summed E-state index contributed by atoms with van der Waals surface area (Å²) in [5.74, 6) is -2.49. The van der Waals surface area contributed by atoms with Crippen molar-refractivity contribution in [2.45, 2.75) is 38.4 Å². The quantitative estimate of drug-likeness (QED) is 0.315. The maximum absolute atomic E-state index is 13.8. The molecule has 0 radical (unpaired) electrons. The average Bonchev–Trinajstić information content (AvgIpc) is 3.36. The number of aromatic nitrogens is 5. The van der Waals surface area contributed by atoms with Gasteiger partial charge < -0.3 is 10.2 Å². The number of nitrogens with zero attached hydrogens (tertiary/aromatic N) is 5. The Morgan fingerprint density at radius 1 is 1.00 bits per heavy atom. The third-order valence-electron chi connectivity index (χ3n) is 5.51. The lowest BCUT2D eigenvalue weighted by molar-refractivity contribution is -0.207. The average molecular weight is 578 g/mol. The third kappa shape index (κ3) is 5.46. The van der Waals surface area contributed by atoms with E-state index in [0.29, 0.717) is 9.59 Å². The van der Waals surface area contributed by atoms with Crippen LogP contribution in [0.5, 0.6) is 0 Å². The number of benzene rings is 2. The van der Waals surface area contributed by atoms with Gasteiger partial charge in [0.2, 0.25) is 0 Å². The summed E-state index contributed by atoms with van der Waals surface area (Å²) in [6, 6.07) is 8.63. The molecule has 8 nitrogen and oxygen atoms in total. The highest BCUT2D eigenvalue weighted by molar-refractivity contribution is 6.32. The molecule has 202 valence electrons. The molecule has 0 amide bonds. The van der Waals surface area contributed by atoms with Crippen molar-refractivity contribution in [2.75, 3.05) is 0 Å². The molecule has 0 spiro atoms. The van der Waals surface area contributed by atoms with Gasteiger partial charge in [-0.05, 0) is 31.2 Å². The van der Waals surface area contributed by atoms with Gasteiger partial charge in [0.15, 0.2) is 29.4 Å². The van der Waals surface area contributed by atoms with Crippen molar-refractivity contribution in [1.29, 1.82) is 0 Å². The normalized spacial score (nSPS) is 13.6. The number of halogens is 7. The van der Waals surface area contributed by atoms with Crippen molar-refractivity contribution in [1.82, 2.24) is 23.9 Å². The number of hydrogen-bond donors (Lipinski definition) is 2. The van der Waals surface area contributed by atoms with Gasteiger partial charge in [0, 0.05) is 16.7 Å². The van der Waals surface area contributed by atoms with E-state index in [0.717, 1.165) is 21.4 Å². The molecule has 4 aromatic rings. The lowest BCUT2D eigenvalue weighted by Crippen LogP contribution is -2.37. The summed E-state index contributed by atoms with van der Waals surface area (Å²) in [5, 5.41) is 24.0. The number of rotatable bonds is 7. The van der Waals surface area contributed by atoms with Gasteiger partial charge in [0.1, 0.15) is 11.3 Å². The van der Waals surface area contributed by atoms with Gasteiger partial charge in [-0.3, -0.25) is 9.13 Å². The largest absolute Gasteiger partial charge is 0.416 e. The SMILES string of the molecule is C[C@H](O)c1nc(Cn2c(Cl)c(-c3ccc(Cl)cc3)n(CC(O)C(F)(F)F)c2=O)nn1-c1ccc(F)c(F)c1. The van der Waals surface area contributed by atoms with E-state index in [4.69, 9.17) is 23.2 Å². The first-order valence-corrected chi connectivity index (χ1v) is 11.6. The van der Waals surface area contributed by atoms with E-state index in [1.807, 2.05) is 0 Å². The molecule has 0 saturated carbocycles. The summed E-state index contributed by atoms with van der Waals surface area (Å²) in [6.07, 6.45) is -9.11. The lowest BCUT2D eigenvalue weighted by atomic mass is 10.1. The van der Waals surface area contributed by atoms with Crippen LogP contribution in [-0.2, 0) is 13.1 Å². The molecule has 0 aliphatic heterocycles. The molecule has 0 fully saturated rings. The highest BCUT2D eigenvalue weighted by atomic mass is 35.5. The fourth-order valence-electron chi connectivity index (χ4n) is 3.68. The van der Waals surface area contributed by atoms with E-state index in [9.17, 15) is 37.0 Å². The standard InChI is InChI=1S/C23H18Cl2F5N5O3/c1-11(36)21-31-18(32-35(21)14-6-7-15(26)16(27)8-14)10-34-20(25)19(12-2-4-13(24)5-3-12)33(22(34)38)9-17(37)23(28,29)30/h2-8,11,17,36-37H,9-10H2,1H3/t11-,17?/m0/s1. The highest BCUT2D eigenvalue weighted by Crippen LogP contribution is 2.31. The Kier molecular flexibility index (Phi) is 7.66. The summed E-state index contributed by atoms with van der Waals surface area (Å²) >= 11 is 12.4. The van der Waals surface area contributed by atoms with Gasteiger partial charge in [-0.1, -0.05) is 35.3 Å². The van der Waals surface area contributed by atoms with Crippen molar-refractivity contribution in [3.05, 3.63) is 86.4 Å². The lowest BCUT2D eigenvalue weighted by Gasteiger charge is -2.16. The number of imidazole rings is 1. The van der Waals surface area contributed by atoms with Crippen molar-refractivity contribution in [3.63, 3.8) is 0 Å². The minimum atomic E-state index is -5.01. The molecule has 2 N–H and O–H groups in total. The van der Waals surface area contributed by atoms with Crippen molar-refractivity contribution in [2.24, 2.45) is 0 Å². The van der Waals surface area contributed by atoms with Crippen LogP contribution in [0.2, 0.25) is 10.2 Å². The molecule has 0 bridgehead atoms. The zero-order valence-corrected chi connectivity index (χ0v) is 20.8. The Morgan fingerprint density at radius 2 is 1.66 bits per heavy atom. The Labute approximate surface area is 221 Å². The molecule has 0 aliphatic carbocycles. The second kappa shape index (κ2) is 10.5. The molecule has 38 heavy (non-hydrogen) atoms. The highest BCUT2D eigenvalue weighted by Gasteiger charge is 2.39. The summed E-state index contributed by atoms with van der Waals surface area (Å²) in [4.78, 5) is 17.4. The molecule has 2 atom stereocenters. The second-order valence-corrected chi connectivity index (χ2v) is 9.05. The summed E-state index contributed by atoms with van der Waals surface area (Å²) < 4.78 is 69.2. The molecule has 1 unspecified atom stereocenters. The first-order chi connectivity index (χ1) is 17.8. The van der Waals surface area contributed by atoms with Crippen molar-refractivity contribution >= 4 is 23.2 Å². The molecule has 2 aromatic carbocycles. The molecule has 0 saturated heterocycles. The Morgan fingerprint density at radius 3 is 2.24 bits per heavy atom. The van der Waals surface area contributed by atoms with Crippen LogP contribution < -0.4 is 5.69 Å². The van der Waals surface area contributed by atoms with E-state index in [1.165, 1.54) is 37.3 Å². The summed E-state index contributed by atoms with van der Waals surface area (Å²) in [6.45, 7) is -0.274. The Hall–Kier alpha value is -3.26. The molecule has 2 aromatic heterocycles. The topological polar surface area (TPSA) is 98.1 Å². The molecule has 15 heteroatoms. The maximum Gasteiger partial charge on any atom is 0.416 e. The maximum atomic E-state index is 13.8. The van der Waals surface area contributed by atoms with Crippen LogP contribution in [0.4, 0.5) is 22.0 Å². The predicted molar refractivity (Wildman–Crippen MR) is 127 cm³/mol. The zero-order chi connectivity index (χ0) is 27.9. The molecular weight excluding hydrogens is 560 g/mol. The van der Waals surface area contributed by atoms with Gasteiger partial charge in [0.25, 0.3) is 0 Å². The first kappa shape index (κ1) is 27.8. The predicted octanol–water partition coefficient (Wildman–Crippen LogP) is 4.51. The van der Waals surface area contributed by atoms with Crippen LogP contribution in [0.1, 0.15) is 24.7 Å². The smallest absolute Gasteiger partial charge is 0.385 e. The van der Waals surface area contributed by atoms with Crippen LogP contribution in [0, 0.1) is 11.6 Å². The van der Waals surface area contributed by atoms with E-state index in [1.54, 1.807) is 0 Å². The van der Waals surface area contributed by atoms with Gasteiger partial charge in [-0.2, -0.15) is 13.2 Å². The minimum absolute atomic E-state index is 0.0183. The van der Waals surface area contributed by atoms with Crippen molar-refractivity contribution in [3.8, 4) is 16.9 Å². The zero-order valence-electron chi connectivity index (χ0n) is 19.3. The fourth-order valence-corrected chi connectivity index (χ4v) is 4.15. The van der Waals surface area contributed by atoms with Gasteiger partial charge >= 0.3 is 11.9 Å². The van der Waals surface area contributed by atoms with E-state index >= 15 is 0 Å². The third-order valence-corrected chi connectivity index (χ3v) is 6.15. The van der Waals surface area contributed by atoms with Crippen LogP contribution in [0.3, 0.4) is 0 Å². The minimum Gasteiger partial charge on any atom is -0.385 e. The fraction of sp³-hybridized carbons (Fsp3) is 0.261. The molecule has 4 rings (SSSR count). The van der Waals surface area contributed by atoms with Crippen LogP contribution in [-0.4, -0.2) is 46.4 Å². The van der Waals surface area contributed by atoms with Crippen LogP contribution in [0.15, 0.2) is 47.3 Å². The summed E-state index contributed by atoms with van der Waals surface area (Å²) in [5.41, 5.74) is -0.863. The number of aliphatic hydroxyl groups is 2. The van der Waals surface area contributed by atoms with E-state index in [-0.39, 0.29) is 33.7 Å². The van der Waals surface area contributed by atoms with Crippen LogP contribution in [0.25, 0.3) is 16.9 Å². The Balaban J connectivity index is 1.82. The van der Waals surface area contributed by atoms with Gasteiger partial charge in [-0.25, -0.2) is 23.2 Å². The number of aliphatic hydroxyl groups excluding tert-OH is 2. The summed E-state index contributed by atoms with van der Waals surface area (Å²) in [7, 11) is 0. The molecule has 2 heterocycles. The van der Waals surface area contributed by atoms with Gasteiger partial charge in [-0.15, -0.1) is 5.10 Å². The Bertz CT molecular complexity index is 1530. The molecular formula is C23H18Cl2F5N5O3. The first-order valence-electron chi connectivity index (χ1n) is 10.9. The monoisotopic (exact) mass is 577 g/mol. The second-order valence-electron chi connectivity index (χ2n) is 8.26.